The zero-order valence-electron chi connectivity index (χ0n) is 9.78. The van der Waals surface area contributed by atoms with Crippen LogP contribution in [0.15, 0.2) is 23.8 Å². The summed E-state index contributed by atoms with van der Waals surface area (Å²) in [5, 5.41) is 0. The molecule has 0 fully saturated rings. The molecule has 18 heavy (non-hydrogen) atoms. The third kappa shape index (κ3) is 3.37. The highest BCUT2D eigenvalue weighted by Crippen LogP contribution is 2.32. The summed E-state index contributed by atoms with van der Waals surface area (Å²) in [6.07, 6.45) is 2.43. The van der Waals surface area contributed by atoms with E-state index in [4.69, 9.17) is 9.47 Å². The van der Waals surface area contributed by atoms with Gasteiger partial charge in [-0.2, -0.15) is 0 Å². The summed E-state index contributed by atoms with van der Waals surface area (Å²) in [4.78, 5) is 11.8. The van der Waals surface area contributed by atoms with E-state index in [0.29, 0.717) is 18.6 Å². The highest BCUT2D eigenvalue weighted by Gasteiger charge is 2.21. The number of hydrogen-bond donors (Lipinski definition) is 0. The average molecular weight is 470 g/mol. The lowest BCUT2D eigenvalue weighted by Gasteiger charge is -2.12. The molecule has 0 radical (unpaired) electrons. The summed E-state index contributed by atoms with van der Waals surface area (Å²) >= 11 is 4.43. The minimum atomic E-state index is -0.255. The van der Waals surface area contributed by atoms with Crippen molar-refractivity contribution in [2.45, 2.75) is 17.5 Å². The van der Waals surface area contributed by atoms with E-state index >= 15 is 0 Å². The van der Waals surface area contributed by atoms with Crippen molar-refractivity contribution >= 4 is 57.2 Å². The van der Waals surface area contributed by atoms with Crippen LogP contribution < -0.4 is 4.74 Å². The highest BCUT2D eigenvalue weighted by molar-refractivity contribution is 14.1. The van der Waals surface area contributed by atoms with Gasteiger partial charge in [0.1, 0.15) is 5.75 Å². The van der Waals surface area contributed by atoms with E-state index in [2.05, 4.69) is 45.2 Å². The topological polar surface area (TPSA) is 35.5 Å². The Kier molecular flexibility index (Phi) is 4.88. The number of carbonyl (C=O) groups excluding carboxylic acids is 1. The van der Waals surface area contributed by atoms with E-state index in [1.54, 1.807) is 0 Å². The van der Waals surface area contributed by atoms with Crippen molar-refractivity contribution in [2.24, 2.45) is 0 Å². The number of carbonyl (C=O) groups is 1. The fourth-order valence-electron chi connectivity index (χ4n) is 1.70. The average Bonchev–Trinajstić information content (AvgIpc) is 2.47. The second-order valence-corrected chi connectivity index (χ2v) is 6.44. The van der Waals surface area contributed by atoms with Gasteiger partial charge in [0.05, 0.1) is 6.61 Å². The molecule has 0 spiro atoms. The van der Waals surface area contributed by atoms with Gasteiger partial charge in [-0.15, -0.1) is 0 Å². The molecule has 1 aromatic rings. The summed E-state index contributed by atoms with van der Waals surface area (Å²) in [6.45, 7) is 2.20. The zero-order chi connectivity index (χ0) is 13.1. The van der Waals surface area contributed by atoms with E-state index in [1.165, 1.54) is 0 Å². The van der Waals surface area contributed by atoms with Crippen molar-refractivity contribution < 1.29 is 14.3 Å². The van der Waals surface area contributed by atoms with E-state index in [1.807, 2.05) is 31.2 Å². The molecule has 96 valence electrons. The van der Waals surface area contributed by atoms with Gasteiger partial charge in [-0.25, -0.2) is 4.79 Å². The third-order valence-electron chi connectivity index (χ3n) is 2.47. The molecule has 0 saturated heterocycles. The maximum absolute atomic E-state index is 11.8. The number of esters is 1. The maximum atomic E-state index is 11.8. The Hall–Kier alpha value is -0.310. The Bertz CT molecular complexity index is 497. The van der Waals surface area contributed by atoms with E-state index in [0.717, 1.165) is 14.9 Å². The van der Waals surface area contributed by atoms with Crippen molar-refractivity contribution in [3.8, 4) is 5.75 Å². The molecule has 1 atom stereocenters. The summed E-state index contributed by atoms with van der Waals surface area (Å²) in [5.41, 5.74) is 1.60. The van der Waals surface area contributed by atoms with Gasteiger partial charge in [-0.05, 0) is 76.4 Å². The number of rotatable bonds is 2. The molecule has 1 aliphatic rings. The number of hydrogen-bond acceptors (Lipinski definition) is 3. The van der Waals surface area contributed by atoms with Gasteiger partial charge in [0.2, 0.25) is 0 Å². The molecule has 0 N–H and O–H groups in total. The molecule has 2 rings (SSSR count). The van der Waals surface area contributed by atoms with Crippen molar-refractivity contribution in [1.29, 1.82) is 0 Å². The molecule has 1 unspecified atom stereocenters. The Morgan fingerprint density at radius 3 is 3.06 bits per heavy atom. The summed E-state index contributed by atoms with van der Waals surface area (Å²) in [5.74, 6) is 0.559. The van der Waals surface area contributed by atoms with E-state index < -0.39 is 0 Å². The quantitative estimate of drug-likeness (QED) is 0.375. The second-order valence-electron chi connectivity index (χ2n) is 3.80. The summed E-state index contributed by atoms with van der Waals surface area (Å²) < 4.78 is 11.9. The Labute approximate surface area is 133 Å². The number of fused-ring (bicyclic) bond motifs is 1. The number of halogens is 2. The molecular formula is C13H12I2O3. The van der Waals surface area contributed by atoms with Crippen LogP contribution in [0.3, 0.4) is 0 Å². The van der Waals surface area contributed by atoms with Crippen LogP contribution in [0.5, 0.6) is 5.75 Å². The third-order valence-corrected chi connectivity index (χ3v) is 3.84. The molecule has 0 amide bonds. The Balaban J connectivity index is 2.39. The van der Waals surface area contributed by atoms with Crippen molar-refractivity contribution in [3.05, 3.63) is 32.9 Å². The largest absolute Gasteiger partial charge is 0.479 e. The van der Waals surface area contributed by atoms with Crippen molar-refractivity contribution in [3.63, 3.8) is 0 Å². The van der Waals surface area contributed by atoms with Crippen molar-refractivity contribution in [2.75, 3.05) is 6.61 Å². The highest BCUT2D eigenvalue weighted by atomic mass is 127. The van der Waals surface area contributed by atoms with Gasteiger partial charge < -0.3 is 9.47 Å². The molecular weight excluding hydrogens is 458 g/mol. The van der Waals surface area contributed by atoms with Crippen LogP contribution in [0.1, 0.15) is 18.9 Å². The van der Waals surface area contributed by atoms with Crippen molar-refractivity contribution in [1.82, 2.24) is 0 Å². The number of alkyl halides is 1. The SMILES string of the molecule is CCOC(=O)C1=Cc2cc(I)ccc2OC(I)C1. The molecule has 5 heteroatoms. The molecule has 0 bridgehead atoms. The van der Waals surface area contributed by atoms with Gasteiger partial charge >= 0.3 is 5.97 Å². The van der Waals surface area contributed by atoms with Gasteiger partial charge in [-0.3, -0.25) is 0 Å². The molecule has 1 aromatic carbocycles. The van der Waals surface area contributed by atoms with Crippen LogP contribution in [0.2, 0.25) is 0 Å². The minimum Gasteiger partial charge on any atom is -0.479 e. The standard InChI is InChI=1S/C13H12I2O3/c1-2-17-13(16)9-5-8-6-10(14)3-4-11(8)18-12(15)7-9/h3-6,12H,2,7H2,1H3. The van der Waals surface area contributed by atoms with Crippen LogP contribution in [0, 0.1) is 3.57 Å². The first-order valence-corrected chi connectivity index (χ1v) is 7.90. The fourth-order valence-corrected chi connectivity index (χ4v) is 2.97. The Morgan fingerprint density at radius 1 is 1.56 bits per heavy atom. The first kappa shape index (κ1) is 14.1. The lowest BCUT2D eigenvalue weighted by molar-refractivity contribution is -0.138. The molecule has 1 aliphatic heterocycles. The smallest absolute Gasteiger partial charge is 0.334 e. The Morgan fingerprint density at radius 2 is 2.33 bits per heavy atom. The van der Waals surface area contributed by atoms with E-state index in [9.17, 15) is 4.79 Å². The summed E-state index contributed by atoms with van der Waals surface area (Å²) in [7, 11) is 0. The van der Waals surface area contributed by atoms with Gasteiger partial charge in [0.25, 0.3) is 0 Å². The van der Waals surface area contributed by atoms with Crippen LogP contribution >= 0.6 is 45.2 Å². The van der Waals surface area contributed by atoms with E-state index in [-0.39, 0.29) is 10.1 Å². The second kappa shape index (κ2) is 6.23. The molecule has 0 saturated carbocycles. The number of benzene rings is 1. The predicted molar refractivity (Wildman–Crippen MR) is 86.8 cm³/mol. The minimum absolute atomic E-state index is 0.0560. The van der Waals surface area contributed by atoms with Gasteiger partial charge in [-0.1, -0.05) is 0 Å². The lowest BCUT2D eigenvalue weighted by atomic mass is 10.1. The van der Waals surface area contributed by atoms with Crippen LogP contribution in [-0.2, 0) is 9.53 Å². The predicted octanol–water partition coefficient (Wildman–Crippen LogP) is 3.78. The normalized spacial score (nSPS) is 18.2. The van der Waals surface area contributed by atoms with Crippen LogP contribution in [0.4, 0.5) is 0 Å². The molecule has 1 heterocycles. The first-order valence-electron chi connectivity index (χ1n) is 5.58. The number of ether oxygens (including phenoxy) is 2. The molecule has 0 aromatic heterocycles. The zero-order valence-corrected chi connectivity index (χ0v) is 14.1. The first-order chi connectivity index (χ1) is 8.60. The molecule has 0 aliphatic carbocycles. The lowest BCUT2D eigenvalue weighted by Crippen LogP contribution is -2.13. The fraction of sp³-hybridized carbons (Fsp3) is 0.308. The molecule has 3 nitrogen and oxygen atoms in total. The summed E-state index contributed by atoms with van der Waals surface area (Å²) in [6, 6.07) is 5.93. The van der Waals surface area contributed by atoms with Crippen LogP contribution in [0.25, 0.3) is 6.08 Å². The van der Waals surface area contributed by atoms with Crippen LogP contribution in [-0.4, -0.2) is 16.7 Å². The monoisotopic (exact) mass is 470 g/mol. The van der Waals surface area contributed by atoms with Gasteiger partial charge in [0, 0.05) is 21.1 Å². The van der Waals surface area contributed by atoms with Gasteiger partial charge in [0.15, 0.2) is 4.11 Å². The maximum Gasteiger partial charge on any atom is 0.334 e.